The lowest BCUT2D eigenvalue weighted by molar-refractivity contribution is -0.929. The molecule has 1 atom stereocenters. The van der Waals surface area contributed by atoms with Crippen LogP contribution in [0.15, 0.2) is 24.3 Å². The third kappa shape index (κ3) is 11.6. The number of hydrogen-bond acceptors (Lipinski definition) is 2. The van der Waals surface area contributed by atoms with Gasteiger partial charge >= 0.3 is 8.03 Å². The van der Waals surface area contributed by atoms with Crippen molar-refractivity contribution >= 4 is 13.3 Å². The molecule has 0 amide bonds. The first-order chi connectivity index (χ1) is 13.0. The van der Waals surface area contributed by atoms with Gasteiger partial charge in [0.25, 0.3) is 0 Å². The topological polar surface area (TPSA) is 40.1 Å². The Hall–Kier alpha value is -0.760. The van der Waals surface area contributed by atoms with Crippen LogP contribution in [0.4, 0.5) is 0 Å². The van der Waals surface area contributed by atoms with Crippen LogP contribution >= 0.6 is 8.03 Å². The largest absolute Gasteiger partial charge is 0.591 e. The van der Waals surface area contributed by atoms with Crippen molar-refractivity contribution in [3.05, 3.63) is 29.8 Å². The highest BCUT2D eigenvalue weighted by atomic mass is 31.1. The van der Waals surface area contributed by atoms with Gasteiger partial charge in [-0.1, -0.05) is 76.1 Å². The number of unbranched alkanes of at least 4 members (excludes halogenated alkanes) is 4. The molecule has 0 heterocycles. The van der Waals surface area contributed by atoms with Gasteiger partial charge < -0.3 is 9.38 Å². The Bertz CT molecular complexity index is 467. The maximum atomic E-state index is 10.5. The Balaban J connectivity index is 0.000000569. The van der Waals surface area contributed by atoms with Crippen LogP contribution in [0.2, 0.25) is 0 Å². The molecule has 1 unspecified atom stereocenters. The van der Waals surface area contributed by atoms with Crippen LogP contribution in [0.5, 0.6) is 0 Å². The van der Waals surface area contributed by atoms with Crippen molar-refractivity contribution in [3.8, 4) is 0 Å². The zero-order valence-electron chi connectivity index (χ0n) is 18.5. The summed E-state index contributed by atoms with van der Waals surface area (Å²) in [5.74, 6) is 0. The molecule has 0 bridgehead atoms. The highest BCUT2D eigenvalue weighted by Crippen LogP contribution is 2.16. The molecule has 0 N–H and O–H groups in total. The summed E-state index contributed by atoms with van der Waals surface area (Å²) >= 11 is 0. The Labute approximate surface area is 169 Å². The molecule has 1 rings (SSSR count). The first-order valence-corrected chi connectivity index (χ1v) is 12.2. The molecule has 0 aliphatic heterocycles. The van der Waals surface area contributed by atoms with E-state index in [9.17, 15) is 9.46 Å². The Morgan fingerprint density at radius 3 is 1.41 bits per heavy atom. The fourth-order valence-corrected chi connectivity index (χ4v) is 3.98. The normalized spacial score (nSPS) is 11.7. The van der Waals surface area contributed by atoms with E-state index in [0.717, 1.165) is 5.56 Å². The van der Waals surface area contributed by atoms with Crippen LogP contribution < -0.4 is 10.2 Å². The molecule has 0 saturated heterocycles. The molecule has 156 valence electrons. The fourth-order valence-electron chi connectivity index (χ4n) is 3.41. The highest BCUT2D eigenvalue weighted by Gasteiger charge is 2.24. The summed E-state index contributed by atoms with van der Waals surface area (Å²) < 4.78 is 11.9. The van der Waals surface area contributed by atoms with Gasteiger partial charge in [0.1, 0.15) is 0 Å². The van der Waals surface area contributed by atoms with Crippen LogP contribution in [0.1, 0.15) is 84.6 Å². The second kappa shape index (κ2) is 16.2. The molecule has 3 nitrogen and oxygen atoms in total. The first kappa shape index (κ1) is 26.2. The molecule has 0 aromatic heterocycles. The number of benzene rings is 1. The van der Waals surface area contributed by atoms with E-state index >= 15 is 0 Å². The van der Waals surface area contributed by atoms with E-state index in [2.05, 4.69) is 27.7 Å². The van der Waals surface area contributed by atoms with Crippen molar-refractivity contribution < 1.29 is 13.9 Å². The van der Waals surface area contributed by atoms with Gasteiger partial charge in [-0.15, -0.1) is 0 Å². The molecule has 0 spiro atoms. The molecule has 1 aromatic rings. The van der Waals surface area contributed by atoms with E-state index in [1.165, 1.54) is 82.0 Å². The average molecular weight is 397 g/mol. The first-order valence-electron chi connectivity index (χ1n) is 11.0. The van der Waals surface area contributed by atoms with Crippen molar-refractivity contribution in [1.82, 2.24) is 0 Å². The number of quaternary nitrogens is 1. The summed E-state index contributed by atoms with van der Waals surface area (Å²) in [5, 5.41) is 0.414. The summed E-state index contributed by atoms with van der Waals surface area (Å²) in [6.07, 6.45) is 11.1. The van der Waals surface area contributed by atoms with Crippen LogP contribution in [0.3, 0.4) is 0 Å². The summed E-state index contributed by atoms with van der Waals surface area (Å²) in [7, 11) is -2.42. The number of aryl methyl sites for hydroxylation is 1. The van der Waals surface area contributed by atoms with Crippen molar-refractivity contribution in [1.29, 1.82) is 0 Å². The molecule has 4 heteroatoms. The number of rotatable bonds is 13. The lowest BCUT2D eigenvalue weighted by Crippen LogP contribution is -2.50. The maximum Gasteiger partial charge on any atom is 0.349 e. The molecule has 0 saturated carbocycles. The third-order valence-corrected chi connectivity index (χ3v) is 6.15. The van der Waals surface area contributed by atoms with E-state index in [0.29, 0.717) is 5.30 Å². The van der Waals surface area contributed by atoms with Gasteiger partial charge in [-0.2, -0.15) is 0 Å². The van der Waals surface area contributed by atoms with Crippen LogP contribution in [-0.2, 0) is 4.57 Å². The van der Waals surface area contributed by atoms with E-state index < -0.39 is 8.03 Å². The second-order valence-electron chi connectivity index (χ2n) is 7.69. The Morgan fingerprint density at radius 1 is 0.778 bits per heavy atom. The van der Waals surface area contributed by atoms with Crippen LogP contribution in [-0.4, -0.2) is 30.7 Å². The molecular weight excluding hydrogens is 353 g/mol. The van der Waals surface area contributed by atoms with Crippen molar-refractivity contribution in [2.75, 3.05) is 26.2 Å². The molecule has 0 fully saturated rings. The second-order valence-corrected chi connectivity index (χ2v) is 8.69. The van der Waals surface area contributed by atoms with Crippen molar-refractivity contribution in [3.63, 3.8) is 0 Å². The molecule has 0 aliphatic carbocycles. The van der Waals surface area contributed by atoms with Crippen LogP contribution in [0.25, 0.3) is 0 Å². The van der Waals surface area contributed by atoms with Gasteiger partial charge in [-0.05, 0) is 38.7 Å². The summed E-state index contributed by atoms with van der Waals surface area (Å²) in [6, 6.07) is 6.91. The van der Waals surface area contributed by atoms with E-state index in [4.69, 9.17) is 0 Å². The molecule has 0 aliphatic rings. The van der Waals surface area contributed by atoms with Crippen molar-refractivity contribution in [2.45, 2.75) is 86.0 Å². The van der Waals surface area contributed by atoms with Gasteiger partial charge in [0.2, 0.25) is 0 Å². The van der Waals surface area contributed by atoms with Gasteiger partial charge in [0.05, 0.1) is 26.2 Å². The maximum absolute atomic E-state index is 10.5. The van der Waals surface area contributed by atoms with Gasteiger partial charge in [0.15, 0.2) is 5.30 Å². The Kier molecular flexibility index (Phi) is 15.8. The summed E-state index contributed by atoms with van der Waals surface area (Å²) in [6.45, 7) is 16.8. The van der Waals surface area contributed by atoms with Gasteiger partial charge in [-0.25, -0.2) is 0 Å². The molecule has 0 radical (unpaired) electrons. The van der Waals surface area contributed by atoms with Gasteiger partial charge in [0, 0.05) is 5.56 Å². The minimum atomic E-state index is -2.42. The smallest absolute Gasteiger partial charge is 0.349 e. The monoisotopic (exact) mass is 396 g/mol. The standard InChI is InChI=1S/C16H36N.C7H7O2P/c1-5-9-13-17(14-10-6-2,15-11-7-3)16-12-8-4;1-6-4-2-3-5-7(6)10(8)9/h5-16H2,1-4H3;2-5H,1H3/q+1;. The minimum Gasteiger partial charge on any atom is -0.591 e. The zero-order valence-corrected chi connectivity index (χ0v) is 19.4. The predicted octanol–water partition coefficient (Wildman–Crippen LogP) is 5.73. The molecule has 27 heavy (non-hydrogen) atoms. The fraction of sp³-hybridized carbons (Fsp3) is 0.739. The number of nitrogens with zero attached hydrogens (tertiary/aromatic N) is 1. The quantitative estimate of drug-likeness (QED) is 0.316. The lowest BCUT2D eigenvalue weighted by Gasteiger charge is -2.39. The molecular formula is C23H43NO2P+. The SMILES string of the molecule is CCCC[N+](CCCC)(CCCC)CCCC.Cc1ccccc1[P+](=O)[O-]. The van der Waals surface area contributed by atoms with Crippen molar-refractivity contribution in [2.24, 2.45) is 0 Å². The lowest BCUT2D eigenvalue weighted by atomic mass is 10.1. The number of hydrogen-bond donors (Lipinski definition) is 0. The van der Waals surface area contributed by atoms with E-state index in [1.54, 1.807) is 25.1 Å². The van der Waals surface area contributed by atoms with Gasteiger partial charge in [-0.3, -0.25) is 0 Å². The summed E-state index contributed by atoms with van der Waals surface area (Å²) in [5.41, 5.74) is 0.804. The minimum absolute atomic E-state index is 0.414. The zero-order chi connectivity index (χ0) is 20.5. The van der Waals surface area contributed by atoms with E-state index in [1.807, 2.05) is 6.07 Å². The van der Waals surface area contributed by atoms with Crippen LogP contribution in [0, 0.1) is 6.92 Å². The van der Waals surface area contributed by atoms with E-state index in [-0.39, 0.29) is 0 Å². The Morgan fingerprint density at radius 2 is 1.15 bits per heavy atom. The average Bonchev–Trinajstić information content (AvgIpc) is 2.67. The molecule has 1 aromatic carbocycles. The predicted molar refractivity (Wildman–Crippen MR) is 118 cm³/mol. The summed E-state index contributed by atoms with van der Waals surface area (Å²) in [4.78, 5) is 10.5. The third-order valence-electron chi connectivity index (χ3n) is 5.26. The highest BCUT2D eigenvalue weighted by molar-refractivity contribution is 7.46.